The molecule has 6 nitrogen and oxygen atoms in total. The molecule has 0 amide bonds. The quantitative estimate of drug-likeness (QED) is 0.777. The summed E-state index contributed by atoms with van der Waals surface area (Å²) in [7, 11) is -2.00. The van der Waals surface area contributed by atoms with Crippen LogP contribution in [0.4, 0.5) is 5.69 Å². The van der Waals surface area contributed by atoms with Crippen molar-refractivity contribution in [3.8, 4) is 0 Å². The van der Waals surface area contributed by atoms with Crippen molar-refractivity contribution in [2.75, 3.05) is 0 Å². The second-order valence-corrected chi connectivity index (χ2v) is 5.33. The molecule has 1 heterocycles. The SMILES string of the molecule is Cn1cncc1S(=O)(=O)c1ccc(N=O)cc1. The lowest BCUT2D eigenvalue weighted by Gasteiger charge is -2.04. The van der Waals surface area contributed by atoms with E-state index in [0.717, 1.165) is 0 Å². The first kappa shape index (κ1) is 11.5. The summed E-state index contributed by atoms with van der Waals surface area (Å²) in [5, 5.41) is 2.81. The molecule has 88 valence electrons. The highest BCUT2D eigenvalue weighted by molar-refractivity contribution is 7.91. The van der Waals surface area contributed by atoms with Gasteiger partial charge < -0.3 is 4.57 Å². The third kappa shape index (κ3) is 1.96. The summed E-state index contributed by atoms with van der Waals surface area (Å²) >= 11 is 0. The summed E-state index contributed by atoms with van der Waals surface area (Å²) in [5.74, 6) is 0. The summed E-state index contributed by atoms with van der Waals surface area (Å²) in [4.78, 5) is 14.1. The maximum atomic E-state index is 12.1. The monoisotopic (exact) mass is 251 g/mol. The third-order valence-corrected chi connectivity index (χ3v) is 4.14. The molecule has 0 fully saturated rings. The topological polar surface area (TPSA) is 81.4 Å². The Balaban J connectivity index is 2.52. The lowest BCUT2D eigenvalue weighted by atomic mass is 10.3. The Kier molecular flexibility index (Phi) is 2.76. The molecular formula is C10H9N3O3S. The molecule has 1 aromatic carbocycles. The zero-order valence-corrected chi connectivity index (χ0v) is 9.76. The van der Waals surface area contributed by atoms with E-state index in [4.69, 9.17) is 0 Å². The number of hydrogen-bond acceptors (Lipinski definition) is 5. The molecule has 2 aromatic rings. The van der Waals surface area contributed by atoms with Gasteiger partial charge in [0.2, 0.25) is 9.84 Å². The molecule has 0 atom stereocenters. The number of hydrogen-bond donors (Lipinski definition) is 0. The molecule has 0 saturated carbocycles. The van der Waals surface area contributed by atoms with Gasteiger partial charge in [0.15, 0.2) is 5.03 Å². The second kappa shape index (κ2) is 4.10. The molecule has 2 rings (SSSR count). The first-order valence-electron chi connectivity index (χ1n) is 4.70. The Morgan fingerprint density at radius 2 is 1.88 bits per heavy atom. The number of aryl methyl sites for hydroxylation is 1. The molecule has 0 aliphatic rings. The van der Waals surface area contributed by atoms with Crippen molar-refractivity contribution in [2.24, 2.45) is 12.2 Å². The molecule has 0 aliphatic carbocycles. The van der Waals surface area contributed by atoms with Gasteiger partial charge in [-0.25, -0.2) is 13.4 Å². The first-order chi connectivity index (χ1) is 8.05. The van der Waals surface area contributed by atoms with Crippen LogP contribution in [-0.4, -0.2) is 18.0 Å². The first-order valence-corrected chi connectivity index (χ1v) is 6.19. The minimum Gasteiger partial charge on any atom is -0.325 e. The van der Waals surface area contributed by atoms with Crippen LogP contribution in [0.2, 0.25) is 0 Å². The van der Waals surface area contributed by atoms with Crippen molar-refractivity contribution in [1.29, 1.82) is 0 Å². The van der Waals surface area contributed by atoms with Gasteiger partial charge in [0.05, 0.1) is 17.4 Å². The van der Waals surface area contributed by atoms with E-state index in [1.54, 1.807) is 7.05 Å². The second-order valence-electron chi connectivity index (χ2n) is 3.43. The number of benzene rings is 1. The van der Waals surface area contributed by atoms with E-state index in [0.29, 0.717) is 0 Å². The fourth-order valence-corrected chi connectivity index (χ4v) is 2.77. The lowest BCUT2D eigenvalue weighted by Crippen LogP contribution is -2.06. The molecule has 0 radical (unpaired) electrons. The van der Waals surface area contributed by atoms with Gasteiger partial charge in [-0.3, -0.25) is 0 Å². The van der Waals surface area contributed by atoms with Gasteiger partial charge >= 0.3 is 0 Å². The van der Waals surface area contributed by atoms with Gasteiger partial charge in [-0.05, 0) is 29.4 Å². The molecule has 0 saturated heterocycles. The van der Waals surface area contributed by atoms with Crippen LogP contribution in [0, 0.1) is 4.91 Å². The van der Waals surface area contributed by atoms with Gasteiger partial charge in [0, 0.05) is 7.05 Å². The Bertz CT molecular complexity index is 644. The van der Waals surface area contributed by atoms with Crippen LogP contribution in [0.5, 0.6) is 0 Å². The summed E-state index contributed by atoms with van der Waals surface area (Å²) < 4.78 is 25.7. The van der Waals surface area contributed by atoms with Crippen molar-refractivity contribution in [3.05, 3.63) is 41.7 Å². The largest absolute Gasteiger partial charge is 0.325 e. The number of nitroso groups, excluding NO2 is 1. The smallest absolute Gasteiger partial charge is 0.223 e. The van der Waals surface area contributed by atoms with E-state index in [-0.39, 0.29) is 15.6 Å². The number of rotatable bonds is 3. The number of nitrogens with zero attached hydrogens (tertiary/aromatic N) is 3. The normalized spacial score (nSPS) is 11.4. The average Bonchev–Trinajstić information content (AvgIpc) is 2.76. The van der Waals surface area contributed by atoms with Crippen molar-refractivity contribution < 1.29 is 8.42 Å². The minimum atomic E-state index is -3.59. The van der Waals surface area contributed by atoms with Gasteiger partial charge in [0.25, 0.3) is 0 Å². The summed E-state index contributed by atoms with van der Waals surface area (Å²) in [6.45, 7) is 0. The number of aromatic nitrogens is 2. The third-order valence-electron chi connectivity index (χ3n) is 2.30. The van der Waals surface area contributed by atoms with Gasteiger partial charge in [-0.1, -0.05) is 0 Å². The van der Waals surface area contributed by atoms with Crippen molar-refractivity contribution in [2.45, 2.75) is 9.92 Å². The molecule has 0 aliphatic heterocycles. The van der Waals surface area contributed by atoms with E-state index in [9.17, 15) is 13.3 Å². The molecule has 0 N–H and O–H groups in total. The predicted molar refractivity (Wildman–Crippen MR) is 60.6 cm³/mol. The molecule has 7 heteroatoms. The maximum absolute atomic E-state index is 12.1. The zero-order valence-electron chi connectivity index (χ0n) is 8.94. The number of imidazole rings is 1. The van der Waals surface area contributed by atoms with Crippen LogP contribution in [-0.2, 0) is 16.9 Å². The number of sulfone groups is 1. The summed E-state index contributed by atoms with van der Waals surface area (Å²) in [5.41, 5.74) is 0.189. The van der Waals surface area contributed by atoms with E-state index < -0.39 is 9.84 Å². The Morgan fingerprint density at radius 1 is 1.24 bits per heavy atom. The molecule has 17 heavy (non-hydrogen) atoms. The van der Waals surface area contributed by atoms with Gasteiger partial charge in [-0.15, -0.1) is 4.91 Å². The molecule has 0 bridgehead atoms. The molecule has 1 aromatic heterocycles. The van der Waals surface area contributed by atoms with Crippen LogP contribution in [0.3, 0.4) is 0 Å². The van der Waals surface area contributed by atoms with Crippen LogP contribution >= 0.6 is 0 Å². The molecular weight excluding hydrogens is 242 g/mol. The average molecular weight is 251 g/mol. The molecule has 0 spiro atoms. The Labute approximate surface area is 97.8 Å². The van der Waals surface area contributed by atoms with Crippen molar-refractivity contribution in [3.63, 3.8) is 0 Å². The highest BCUT2D eigenvalue weighted by Gasteiger charge is 2.20. The maximum Gasteiger partial charge on any atom is 0.223 e. The van der Waals surface area contributed by atoms with E-state index >= 15 is 0 Å². The van der Waals surface area contributed by atoms with Crippen LogP contribution < -0.4 is 0 Å². The highest BCUT2D eigenvalue weighted by Crippen LogP contribution is 2.22. The van der Waals surface area contributed by atoms with Crippen LogP contribution in [0.25, 0.3) is 0 Å². The van der Waals surface area contributed by atoms with E-state index in [1.165, 1.54) is 41.4 Å². The molecule has 0 unspecified atom stereocenters. The Morgan fingerprint density at radius 3 is 2.35 bits per heavy atom. The van der Waals surface area contributed by atoms with Crippen LogP contribution in [0.1, 0.15) is 0 Å². The van der Waals surface area contributed by atoms with Crippen molar-refractivity contribution in [1.82, 2.24) is 9.55 Å². The fraction of sp³-hybridized carbons (Fsp3) is 0.100. The highest BCUT2D eigenvalue weighted by atomic mass is 32.2. The van der Waals surface area contributed by atoms with Gasteiger partial charge in [-0.2, -0.15) is 0 Å². The van der Waals surface area contributed by atoms with E-state index in [2.05, 4.69) is 10.2 Å². The summed E-state index contributed by atoms with van der Waals surface area (Å²) in [6.07, 6.45) is 2.69. The standard InChI is InChI=1S/C10H9N3O3S/c1-13-7-11-6-10(13)17(15,16)9-4-2-8(12-14)3-5-9/h2-7H,1H3. The van der Waals surface area contributed by atoms with E-state index in [1.807, 2.05) is 0 Å². The summed E-state index contributed by atoms with van der Waals surface area (Å²) in [6, 6.07) is 5.41. The fourth-order valence-electron chi connectivity index (χ4n) is 1.41. The van der Waals surface area contributed by atoms with Crippen LogP contribution in [0.15, 0.2) is 51.9 Å². The zero-order chi connectivity index (χ0) is 12.5. The lowest BCUT2D eigenvalue weighted by molar-refractivity contribution is 0.586. The predicted octanol–water partition coefficient (Wildman–Crippen LogP) is 1.65. The minimum absolute atomic E-state index is 0.101. The Hall–Kier alpha value is -2.02. The van der Waals surface area contributed by atoms with Crippen molar-refractivity contribution >= 4 is 15.5 Å². The van der Waals surface area contributed by atoms with Gasteiger partial charge in [0.1, 0.15) is 5.69 Å².